The topological polar surface area (TPSA) is 53.4 Å². The minimum absolute atomic E-state index is 0.371. The molecular formula is C31H36N2O3S. The Hall–Kier alpha value is -3.12. The molecule has 2 aromatic heterocycles. The lowest BCUT2D eigenvalue weighted by Crippen LogP contribution is -2.06. The average Bonchev–Trinajstić information content (AvgIpc) is 3.45. The number of aromatic nitrogens is 2. The van der Waals surface area contributed by atoms with Crippen LogP contribution >= 0.6 is 11.3 Å². The van der Waals surface area contributed by atoms with E-state index in [2.05, 4.69) is 38.1 Å². The lowest BCUT2D eigenvalue weighted by molar-refractivity contribution is -0.108. The van der Waals surface area contributed by atoms with E-state index >= 15 is 0 Å². The molecule has 0 amide bonds. The molecule has 0 unspecified atom stereocenters. The molecule has 0 saturated heterocycles. The third-order valence-corrected chi connectivity index (χ3v) is 8.18. The molecule has 0 saturated carbocycles. The summed E-state index contributed by atoms with van der Waals surface area (Å²) in [7, 11) is 0. The normalized spacial score (nSPS) is 13.0. The highest BCUT2D eigenvalue weighted by Gasteiger charge is 2.16. The molecule has 1 aliphatic carbocycles. The van der Waals surface area contributed by atoms with Gasteiger partial charge in [-0.15, -0.1) is 11.3 Å². The molecule has 2 heterocycles. The number of benzene rings is 2. The second-order valence-electron chi connectivity index (χ2n) is 9.91. The van der Waals surface area contributed by atoms with Crippen molar-refractivity contribution in [2.75, 3.05) is 13.2 Å². The van der Waals surface area contributed by atoms with Crippen molar-refractivity contribution in [3.05, 3.63) is 74.9 Å². The van der Waals surface area contributed by atoms with E-state index in [-0.39, 0.29) is 0 Å². The third kappa shape index (κ3) is 6.07. The Balaban J connectivity index is 1.15. The van der Waals surface area contributed by atoms with Crippen LogP contribution in [0.1, 0.15) is 64.9 Å². The van der Waals surface area contributed by atoms with E-state index in [9.17, 15) is 4.79 Å². The van der Waals surface area contributed by atoms with Gasteiger partial charge in [-0.1, -0.05) is 25.5 Å². The molecule has 5 rings (SSSR count). The summed E-state index contributed by atoms with van der Waals surface area (Å²) in [5.41, 5.74) is 6.14. The number of carbonyl (C=O) groups excluding carboxylic acids is 1. The fourth-order valence-electron chi connectivity index (χ4n) is 5.21. The fourth-order valence-corrected chi connectivity index (χ4v) is 6.40. The second-order valence-corrected chi connectivity index (χ2v) is 11.1. The zero-order chi connectivity index (χ0) is 25.6. The summed E-state index contributed by atoms with van der Waals surface area (Å²) in [5.74, 6) is 1.83. The average molecular weight is 517 g/mol. The van der Waals surface area contributed by atoms with E-state index in [4.69, 9.17) is 14.5 Å². The van der Waals surface area contributed by atoms with Gasteiger partial charge in [0.25, 0.3) is 0 Å². The summed E-state index contributed by atoms with van der Waals surface area (Å²) in [6.45, 7) is 5.85. The van der Waals surface area contributed by atoms with E-state index in [0.29, 0.717) is 19.8 Å². The lowest BCUT2D eigenvalue weighted by atomic mass is 10.0. The summed E-state index contributed by atoms with van der Waals surface area (Å²) in [4.78, 5) is 17.4. The quantitative estimate of drug-likeness (QED) is 0.152. The van der Waals surface area contributed by atoms with Crippen molar-refractivity contribution in [2.24, 2.45) is 0 Å². The Kier molecular flexibility index (Phi) is 8.24. The van der Waals surface area contributed by atoms with Crippen LogP contribution < -0.4 is 9.47 Å². The number of hydrogen-bond acceptors (Lipinski definition) is 5. The van der Waals surface area contributed by atoms with Crippen molar-refractivity contribution in [2.45, 2.75) is 71.8 Å². The number of thiazole rings is 1. The zero-order valence-electron chi connectivity index (χ0n) is 21.9. The number of aldehydes is 1. The summed E-state index contributed by atoms with van der Waals surface area (Å²) in [6, 6.07) is 12.7. The van der Waals surface area contributed by atoms with E-state index in [1.807, 2.05) is 34.2 Å². The van der Waals surface area contributed by atoms with Crippen molar-refractivity contribution < 1.29 is 14.3 Å². The van der Waals surface area contributed by atoms with E-state index in [0.717, 1.165) is 66.4 Å². The van der Waals surface area contributed by atoms with Crippen molar-refractivity contribution >= 4 is 28.5 Å². The third-order valence-electron chi connectivity index (χ3n) is 7.03. The molecule has 0 N–H and O–H groups in total. The summed E-state index contributed by atoms with van der Waals surface area (Å²) in [5, 5.41) is 2.37. The SMILES string of the molecule is CCCc1cc(Cc2nc3c(s2)CCCC3)ccc1OCCCOc1ccc2c(c1)c(C)cn2CC=O. The summed E-state index contributed by atoms with van der Waals surface area (Å²) < 4.78 is 14.2. The van der Waals surface area contributed by atoms with Crippen molar-refractivity contribution in [3.63, 3.8) is 0 Å². The van der Waals surface area contributed by atoms with Gasteiger partial charge in [0.2, 0.25) is 0 Å². The molecule has 0 spiro atoms. The molecular weight excluding hydrogens is 480 g/mol. The number of hydrogen-bond donors (Lipinski definition) is 0. The predicted molar refractivity (Wildman–Crippen MR) is 150 cm³/mol. The van der Waals surface area contributed by atoms with Crippen LogP contribution in [0.2, 0.25) is 0 Å². The van der Waals surface area contributed by atoms with Gasteiger partial charge in [0, 0.05) is 34.8 Å². The summed E-state index contributed by atoms with van der Waals surface area (Å²) in [6.07, 6.45) is 11.7. The van der Waals surface area contributed by atoms with Crippen molar-refractivity contribution in [1.82, 2.24) is 9.55 Å². The standard InChI is InChI=1S/C31H36N2O3S/c1-3-7-24-18-23(19-31-32-27-8-4-5-9-30(27)37-31)10-13-29(24)36-17-6-16-35-25-11-12-28-26(20-25)22(2)21-33(28)14-15-34/h10-13,15,18,20-21H,3-9,14,16-17,19H2,1-2H3. The van der Waals surface area contributed by atoms with Gasteiger partial charge in [-0.3, -0.25) is 0 Å². The second kappa shape index (κ2) is 12.0. The minimum atomic E-state index is 0.371. The van der Waals surface area contributed by atoms with Gasteiger partial charge in [-0.25, -0.2) is 4.98 Å². The molecule has 2 aromatic carbocycles. The van der Waals surface area contributed by atoms with E-state index in [1.165, 1.54) is 46.0 Å². The van der Waals surface area contributed by atoms with Crippen LogP contribution in [-0.4, -0.2) is 29.1 Å². The number of fused-ring (bicyclic) bond motifs is 2. The van der Waals surface area contributed by atoms with Gasteiger partial charge < -0.3 is 18.8 Å². The fraction of sp³-hybridized carbons (Fsp3) is 0.419. The Morgan fingerprint density at radius 3 is 2.78 bits per heavy atom. The highest BCUT2D eigenvalue weighted by Crippen LogP contribution is 2.30. The zero-order valence-corrected chi connectivity index (χ0v) is 22.7. The molecule has 0 radical (unpaired) electrons. The van der Waals surface area contributed by atoms with Gasteiger partial charge in [0.15, 0.2) is 0 Å². The smallest absolute Gasteiger partial charge is 0.139 e. The van der Waals surface area contributed by atoms with Crippen LogP contribution in [-0.2, 0) is 37.0 Å². The Bertz CT molecular complexity index is 1350. The molecule has 0 atom stereocenters. The Morgan fingerprint density at radius 2 is 1.95 bits per heavy atom. The minimum Gasteiger partial charge on any atom is -0.493 e. The molecule has 4 aromatic rings. The number of ether oxygens (including phenoxy) is 2. The molecule has 0 bridgehead atoms. The first-order chi connectivity index (χ1) is 18.1. The van der Waals surface area contributed by atoms with Crippen LogP contribution in [0, 0.1) is 6.92 Å². The number of rotatable bonds is 12. The molecule has 0 aliphatic heterocycles. The molecule has 194 valence electrons. The lowest BCUT2D eigenvalue weighted by Gasteiger charge is -2.13. The van der Waals surface area contributed by atoms with Crippen LogP contribution in [0.25, 0.3) is 10.9 Å². The first-order valence-electron chi connectivity index (χ1n) is 13.5. The predicted octanol–water partition coefficient (Wildman–Crippen LogP) is 6.88. The Morgan fingerprint density at radius 1 is 1.08 bits per heavy atom. The van der Waals surface area contributed by atoms with Crippen LogP contribution in [0.15, 0.2) is 42.6 Å². The Labute approximate surface area is 223 Å². The molecule has 0 fully saturated rings. The van der Waals surface area contributed by atoms with Gasteiger partial charge in [-0.05, 0) is 80.0 Å². The van der Waals surface area contributed by atoms with Gasteiger partial charge in [0.05, 0.1) is 30.5 Å². The number of carbonyl (C=O) groups is 1. The van der Waals surface area contributed by atoms with Crippen molar-refractivity contribution in [1.29, 1.82) is 0 Å². The van der Waals surface area contributed by atoms with E-state index in [1.54, 1.807) is 0 Å². The van der Waals surface area contributed by atoms with Gasteiger partial charge in [0.1, 0.15) is 17.8 Å². The largest absolute Gasteiger partial charge is 0.493 e. The number of nitrogens with zero attached hydrogens (tertiary/aromatic N) is 2. The first kappa shape index (κ1) is 25.5. The van der Waals surface area contributed by atoms with Crippen LogP contribution in [0.3, 0.4) is 0 Å². The highest BCUT2D eigenvalue weighted by atomic mass is 32.1. The van der Waals surface area contributed by atoms with Crippen molar-refractivity contribution in [3.8, 4) is 11.5 Å². The maximum atomic E-state index is 10.9. The maximum Gasteiger partial charge on any atom is 0.139 e. The highest BCUT2D eigenvalue weighted by molar-refractivity contribution is 7.11. The number of aryl methyl sites for hydroxylation is 4. The van der Waals surface area contributed by atoms with Gasteiger partial charge in [-0.2, -0.15) is 0 Å². The first-order valence-corrected chi connectivity index (χ1v) is 14.3. The van der Waals surface area contributed by atoms with E-state index < -0.39 is 0 Å². The molecule has 5 nitrogen and oxygen atoms in total. The van der Waals surface area contributed by atoms with Crippen LogP contribution in [0.4, 0.5) is 0 Å². The molecule has 37 heavy (non-hydrogen) atoms. The monoisotopic (exact) mass is 516 g/mol. The maximum absolute atomic E-state index is 10.9. The summed E-state index contributed by atoms with van der Waals surface area (Å²) >= 11 is 1.90. The molecule has 6 heteroatoms. The van der Waals surface area contributed by atoms with Crippen LogP contribution in [0.5, 0.6) is 11.5 Å². The molecule has 1 aliphatic rings. The van der Waals surface area contributed by atoms with Gasteiger partial charge >= 0.3 is 0 Å².